The van der Waals surface area contributed by atoms with Crippen molar-refractivity contribution in [3.63, 3.8) is 0 Å². The minimum Gasteiger partial charge on any atom is -0.488 e. The molecule has 0 fully saturated rings. The Hall–Kier alpha value is -2.94. The number of hydrogen-bond acceptors (Lipinski definition) is 6. The maximum atomic E-state index is 12.4. The van der Waals surface area contributed by atoms with Crippen LogP contribution < -0.4 is 21.7 Å². The van der Waals surface area contributed by atoms with Gasteiger partial charge in [-0.2, -0.15) is 0 Å². The minimum atomic E-state index is -0.361. The Kier molecular flexibility index (Phi) is 6.19. The van der Waals surface area contributed by atoms with Crippen LogP contribution >= 0.6 is 22.9 Å². The summed E-state index contributed by atoms with van der Waals surface area (Å²) in [6, 6.07) is 8.94. The topological polar surface area (TPSA) is 92.1 Å². The molecule has 0 aliphatic rings. The van der Waals surface area contributed by atoms with E-state index < -0.39 is 0 Å². The highest BCUT2D eigenvalue weighted by atomic mass is 35.5. The number of ether oxygens (including phenoxy) is 1. The van der Waals surface area contributed by atoms with Crippen molar-refractivity contribution < 1.29 is 4.74 Å². The van der Waals surface area contributed by atoms with Gasteiger partial charge in [-0.1, -0.05) is 11.6 Å². The Morgan fingerprint density at radius 2 is 2.00 bits per heavy atom. The standard InChI is InChI=1S/C23H23ClN4O3S/c1-13-8-15(24)9-18(21(13)31-14(2)11-25)17-4-6-26-19-10-16(32-22(17)19)12-28-20(29)5-7-27(3)23(28)30/h4-10,14H,11-12,25H2,1-3H3. The monoisotopic (exact) mass is 470 g/mol. The van der Waals surface area contributed by atoms with Crippen LogP contribution in [-0.2, 0) is 13.6 Å². The number of aromatic nitrogens is 3. The molecular formula is C23H23ClN4O3S. The SMILES string of the molecule is Cc1cc(Cl)cc(-c2ccnc3cc(Cn4c(=O)ccn(C)c4=O)sc23)c1OC(C)CN. The van der Waals surface area contributed by atoms with Gasteiger partial charge in [-0.05, 0) is 43.7 Å². The number of fused-ring (bicyclic) bond motifs is 1. The van der Waals surface area contributed by atoms with Crippen LogP contribution in [0.2, 0.25) is 5.02 Å². The summed E-state index contributed by atoms with van der Waals surface area (Å²) in [5.74, 6) is 0.725. The third-order valence-electron chi connectivity index (χ3n) is 5.20. The third kappa shape index (κ3) is 4.21. The van der Waals surface area contributed by atoms with Gasteiger partial charge in [-0.15, -0.1) is 11.3 Å². The normalized spacial score (nSPS) is 12.3. The molecule has 0 aliphatic heterocycles. The first-order valence-corrected chi connectivity index (χ1v) is 11.3. The predicted molar refractivity (Wildman–Crippen MR) is 129 cm³/mol. The zero-order chi connectivity index (χ0) is 23.0. The highest BCUT2D eigenvalue weighted by molar-refractivity contribution is 7.19. The van der Waals surface area contributed by atoms with Crippen molar-refractivity contribution in [2.75, 3.05) is 6.54 Å². The Labute approximate surface area is 193 Å². The number of halogens is 1. The highest BCUT2D eigenvalue weighted by Gasteiger charge is 2.18. The first kappa shape index (κ1) is 22.3. The van der Waals surface area contributed by atoms with Crippen molar-refractivity contribution in [3.05, 3.63) is 79.0 Å². The smallest absolute Gasteiger partial charge is 0.331 e. The molecule has 2 N–H and O–H groups in total. The van der Waals surface area contributed by atoms with Gasteiger partial charge in [0.1, 0.15) is 11.9 Å². The van der Waals surface area contributed by atoms with Crippen LogP contribution in [0.25, 0.3) is 21.3 Å². The summed E-state index contributed by atoms with van der Waals surface area (Å²) >= 11 is 7.88. The maximum Gasteiger partial charge on any atom is 0.331 e. The van der Waals surface area contributed by atoms with E-state index in [9.17, 15) is 9.59 Å². The molecule has 0 saturated heterocycles. The molecule has 1 unspecified atom stereocenters. The van der Waals surface area contributed by atoms with Gasteiger partial charge in [0.15, 0.2) is 0 Å². The fraction of sp³-hybridized carbons (Fsp3) is 0.261. The Morgan fingerprint density at radius 3 is 2.75 bits per heavy atom. The van der Waals surface area contributed by atoms with Crippen molar-refractivity contribution in [3.8, 4) is 16.9 Å². The third-order valence-corrected chi connectivity index (χ3v) is 6.56. The Balaban J connectivity index is 1.85. The lowest BCUT2D eigenvalue weighted by Gasteiger charge is -2.19. The number of pyridine rings is 1. The summed E-state index contributed by atoms with van der Waals surface area (Å²) in [6.45, 7) is 4.43. The number of hydrogen-bond donors (Lipinski definition) is 1. The highest BCUT2D eigenvalue weighted by Crippen LogP contribution is 2.41. The lowest BCUT2D eigenvalue weighted by atomic mass is 10.0. The molecule has 4 aromatic rings. The summed E-state index contributed by atoms with van der Waals surface area (Å²) in [6.07, 6.45) is 3.04. The second-order valence-electron chi connectivity index (χ2n) is 7.68. The van der Waals surface area contributed by atoms with Gasteiger partial charge in [0.25, 0.3) is 5.56 Å². The Morgan fingerprint density at radius 1 is 1.22 bits per heavy atom. The molecule has 3 aromatic heterocycles. The van der Waals surface area contributed by atoms with E-state index in [0.29, 0.717) is 11.6 Å². The van der Waals surface area contributed by atoms with Crippen molar-refractivity contribution >= 4 is 33.2 Å². The minimum absolute atomic E-state index is 0.161. The van der Waals surface area contributed by atoms with Gasteiger partial charge in [-0.25, -0.2) is 4.79 Å². The van der Waals surface area contributed by atoms with E-state index in [4.69, 9.17) is 22.1 Å². The number of benzene rings is 1. The number of thiophene rings is 1. The molecule has 166 valence electrons. The first-order valence-electron chi connectivity index (χ1n) is 10.1. The molecule has 1 atom stereocenters. The quantitative estimate of drug-likeness (QED) is 0.465. The van der Waals surface area contributed by atoms with Crippen molar-refractivity contribution in [2.24, 2.45) is 12.8 Å². The zero-order valence-electron chi connectivity index (χ0n) is 18.0. The molecule has 0 radical (unpaired) electrons. The largest absolute Gasteiger partial charge is 0.488 e. The molecule has 4 rings (SSSR count). The van der Waals surface area contributed by atoms with Crippen molar-refractivity contribution in [1.82, 2.24) is 14.1 Å². The van der Waals surface area contributed by atoms with Crippen LogP contribution in [0.4, 0.5) is 0 Å². The summed E-state index contributed by atoms with van der Waals surface area (Å²) in [4.78, 5) is 30.0. The van der Waals surface area contributed by atoms with Crippen LogP contribution in [0.3, 0.4) is 0 Å². The summed E-state index contributed by atoms with van der Waals surface area (Å²) in [5.41, 5.74) is 8.54. The van der Waals surface area contributed by atoms with E-state index in [1.54, 1.807) is 13.2 Å². The van der Waals surface area contributed by atoms with Crippen LogP contribution in [-0.4, -0.2) is 26.8 Å². The van der Waals surface area contributed by atoms with Crippen LogP contribution in [0, 0.1) is 6.92 Å². The van der Waals surface area contributed by atoms with Gasteiger partial charge in [0, 0.05) is 53.1 Å². The molecule has 0 saturated carbocycles. The predicted octanol–water partition coefficient (Wildman–Crippen LogP) is 3.56. The number of nitrogens with two attached hydrogens (primary N) is 1. The van der Waals surface area contributed by atoms with E-state index in [2.05, 4.69) is 4.98 Å². The molecule has 0 aliphatic carbocycles. The summed E-state index contributed by atoms with van der Waals surface area (Å²) in [5, 5.41) is 0.603. The van der Waals surface area contributed by atoms with Gasteiger partial charge in [0.2, 0.25) is 0 Å². The Bertz CT molecular complexity index is 1420. The summed E-state index contributed by atoms with van der Waals surface area (Å²) < 4.78 is 9.67. The number of nitrogens with zero attached hydrogens (tertiary/aromatic N) is 3. The van der Waals surface area contributed by atoms with Gasteiger partial charge < -0.3 is 15.0 Å². The zero-order valence-corrected chi connectivity index (χ0v) is 19.5. The summed E-state index contributed by atoms with van der Waals surface area (Å²) in [7, 11) is 1.62. The van der Waals surface area contributed by atoms with Gasteiger partial charge >= 0.3 is 5.69 Å². The lowest BCUT2D eigenvalue weighted by Crippen LogP contribution is -2.37. The second-order valence-corrected chi connectivity index (χ2v) is 9.26. The number of aryl methyl sites for hydroxylation is 2. The number of rotatable bonds is 6. The van der Waals surface area contributed by atoms with Gasteiger partial charge in [0.05, 0.1) is 16.8 Å². The average molecular weight is 471 g/mol. The fourth-order valence-electron chi connectivity index (χ4n) is 3.53. The fourth-order valence-corrected chi connectivity index (χ4v) is 4.93. The molecule has 0 bridgehead atoms. The lowest BCUT2D eigenvalue weighted by molar-refractivity contribution is 0.229. The maximum absolute atomic E-state index is 12.4. The molecule has 7 nitrogen and oxygen atoms in total. The molecule has 9 heteroatoms. The van der Waals surface area contributed by atoms with Crippen LogP contribution in [0.15, 0.2) is 52.3 Å². The van der Waals surface area contributed by atoms with E-state index in [0.717, 1.165) is 37.5 Å². The first-order chi connectivity index (χ1) is 15.3. The van der Waals surface area contributed by atoms with Crippen molar-refractivity contribution in [2.45, 2.75) is 26.5 Å². The molecule has 0 amide bonds. The van der Waals surface area contributed by atoms with Crippen molar-refractivity contribution in [1.29, 1.82) is 0 Å². The van der Waals surface area contributed by atoms with Crippen LogP contribution in [0.1, 0.15) is 17.4 Å². The van der Waals surface area contributed by atoms with E-state index in [1.165, 1.54) is 32.7 Å². The molecular weight excluding hydrogens is 448 g/mol. The van der Waals surface area contributed by atoms with Gasteiger partial charge in [-0.3, -0.25) is 14.3 Å². The average Bonchev–Trinajstić information content (AvgIpc) is 3.18. The second kappa shape index (κ2) is 8.90. The molecule has 0 spiro atoms. The van der Waals surface area contributed by atoms with E-state index in [-0.39, 0.29) is 23.9 Å². The van der Waals surface area contributed by atoms with Crippen LogP contribution in [0.5, 0.6) is 5.75 Å². The van der Waals surface area contributed by atoms with E-state index >= 15 is 0 Å². The molecule has 3 heterocycles. The molecule has 32 heavy (non-hydrogen) atoms. The van der Waals surface area contributed by atoms with E-state index in [1.807, 2.05) is 38.1 Å². The molecule has 1 aromatic carbocycles.